The lowest BCUT2D eigenvalue weighted by molar-refractivity contribution is -0.154. The predicted molar refractivity (Wildman–Crippen MR) is 51.3 cm³/mol. The number of hydrogen-bond acceptors (Lipinski definition) is 3. The highest BCUT2D eigenvalue weighted by Crippen LogP contribution is 2.50. The zero-order valence-electron chi connectivity index (χ0n) is 8.30. The molecule has 2 aliphatic rings. The smallest absolute Gasteiger partial charge is 0.309 e. The van der Waals surface area contributed by atoms with Gasteiger partial charge in [0.05, 0.1) is 17.4 Å². The number of rotatable bonds is 3. The maximum atomic E-state index is 11.1. The molecule has 0 aromatic rings. The van der Waals surface area contributed by atoms with Crippen LogP contribution in [0.1, 0.15) is 6.42 Å². The predicted octanol–water partition coefficient (Wildman–Crippen LogP) is -0.0641. The molecule has 2 bridgehead atoms. The molecular formula is C10H13NO4. The summed E-state index contributed by atoms with van der Waals surface area (Å²) in [6.07, 6.45) is 4.18. The van der Waals surface area contributed by atoms with Crippen molar-refractivity contribution in [3.05, 3.63) is 12.2 Å². The molecule has 1 fully saturated rings. The molecule has 5 heteroatoms. The van der Waals surface area contributed by atoms with Crippen LogP contribution in [-0.2, 0) is 9.59 Å². The normalized spacial score (nSPS) is 42.1. The molecule has 2 rings (SSSR count). The fourth-order valence-electron chi connectivity index (χ4n) is 2.91. The van der Waals surface area contributed by atoms with Crippen LogP contribution in [0.2, 0.25) is 0 Å². The summed E-state index contributed by atoms with van der Waals surface area (Å²) in [7, 11) is 1.67. The van der Waals surface area contributed by atoms with Crippen molar-refractivity contribution in [1.29, 1.82) is 0 Å². The lowest BCUT2D eigenvalue weighted by Gasteiger charge is -2.31. The molecule has 4 atom stereocenters. The first-order chi connectivity index (χ1) is 7.02. The van der Waals surface area contributed by atoms with Gasteiger partial charge in [0.1, 0.15) is 0 Å². The van der Waals surface area contributed by atoms with Crippen molar-refractivity contribution in [3.63, 3.8) is 0 Å². The standard InChI is InChI=1S/C10H13NO4/c1-11-10-3-2-5(4-10)6(8(12)13)7(10)9(14)15/h2-3,5-7,11H,4H2,1H3,(H,12,13)(H,14,15). The van der Waals surface area contributed by atoms with Gasteiger partial charge < -0.3 is 15.5 Å². The van der Waals surface area contributed by atoms with Crippen LogP contribution in [0.5, 0.6) is 0 Å². The Balaban J connectivity index is 2.42. The zero-order chi connectivity index (χ0) is 11.2. The molecular weight excluding hydrogens is 198 g/mol. The van der Waals surface area contributed by atoms with Crippen LogP contribution in [0, 0.1) is 17.8 Å². The topological polar surface area (TPSA) is 86.6 Å². The van der Waals surface area contributed by atoms with Crippen molar-refractivity contribution < 1.29 is 19.8 Å². The van der Waals surface area contributed by atoms with Gasteiger partial charge in [0, 0.05) is 0 Å². The SMILES string of the molecule is CNC12C=CC(C1)C(C(=O)O)C2C(=O)O. The molecule has 3 N–H and O–H groups in total. The van der Waals surface area contributed by atoms with Gasteiger partial charge in [0.15, 0.2) is 0 Å². The van der Waals surface area contributed by atoms with E-state index in [1.807, 2.05) is 6.08 Å². The van der Waals surface area contributed by atoms with Crippen LogP contribution in [0.25, 0.3) is 0 Å². The van der Waals surface area contributed by atoms with E-state index < -0.39 is 29.3 Å². The molecule has 0 radical (unpaired) electrons. The fraction of sp³-hybridized carbons (Fsp3) is 0.600. The van der Waals surface area contributed by atoms with Crippen molar-refractivity contribution in [2.75, 3.05) is 7.05 Å². The number of carboxylic acid groups (broad SMARTS) is 2. The third-order valence-corrected chi connectivity index (χ3v) is 3.61. The second-order valence-corrected chi connectivity index (χ2v) is 4.20. The lowest BCUT2D eigenvalue weighted by atomic mass is 9.79. The van der Waals surface area contributed by atoms with E-state index in [9.17, 15) is 9.59 Å². The molecule has 82 valence electrons. The Bertz CT molecular complexity index is 351. The third-order valence-electron chi connectivity index (χ3n) is 3.61. The van der Waals surface area contributed by atoms with E-state index in [1.165, 1.54) is 0 Å². The minimum Gasteiger partial charge on any atom is -0.481 e. The molecule has 0 saturated heterocycles. The van der Waals surface area contributed by atoms with Gasteiger partial charge in [-0.05, 0) is 19.4 Å². The molecule has 4 unspecified atom stereocenters. The minimum absolute atomic E-state index is 0.156. The van der Waals surface area contributed by atoms with Crippen molar-refractivity contribution in [3.8, 4) is 0 Å². The molecule has 0 aromatic heterocycles. The van der Waals surface area contributed by atoms with E-state index >= 15 is 0 Å². The Morgan fingerprint density at radius 3 is 2.53 bits per heavy atom. The van der Waals surface area contributed by atoms with E-state index in [4.69, 9.17) is 10.2 Å². The van der Waals surface area contributed by atoms with Crippen LogP contribution in [0.4, 0.5) is 0 Å². The first-order valence-electron chi connectivity index (χ1n) is 4.86. The molecule has 5 nitrogen and oxygen atoms in total. The highest BCUT2D eigenvalue weighted by atomic mass is 16.4. The minimum atomic E-state index is -1.04. The van der Waals surface area contributed by atoms with Crippen molar-refractivity contribution in [2.24, 2.45) is 17.8 Å². The molecule has 0 spiro atoms. The number of nitrogens with one attached hydrogen (secondary N) is 1. The number of likely N-dealkylation sites (N-methyl/N-ethyl adjacent to an activating group) is 1. The summed E-state index contributed by atoms with van der Waals surface area (Å²) in [6.45, 7) is 0. The van der Waals surface area contributed by atoms with E-state index in [2.05, 4.69) is 5.32 Å². The molecule has 1 saturated carbocycles. The monoisotopic (exact) mass is 211 g/mol. The Labute approximate surface area is 86.8 Å². The van der Waals surface area contributed by atoms with E-state index in [0.29, 0.717) is 6.42 Å². The molecule has 0 amide bonds. The summed E-state index contributed by atoms with van der Waals surface area (Å²) in [5, 5.41) is 21.1. The van der Waals surface area contributed by atoms with Gasteiger partial charge in [0.2, 0.25) is 0 Å². The van der Waals surface area contributed by atoms with Crippen molar-refractivity contribution in [2.45, 2.75) is 12.0 Å². The zero-order valence-corrected chi connectivity index (χ0v) is 8.30. The molecule has 2 aliphatic carbocycles. The summed E-state index contributed by atoms with van der Waals surface area (Å²) >= 11 is 0. The number of fused-ring (bicyclic) bond motifs is 2. The second kappa shape index (κ2) is 3.06. The average Bonchev–Trinajstić information content (AvgIpc) is 2.72. The summed E-state index contributed by atoms with van der Waals surface area (Å²) in [5.41, 5.74) is -0.667. The average molecular weight is 211 g/mol. The van der Waals surface area contributed by atoms with Crippen molar-refractivity contribution >= 4 is 11.9 Å². The van der Waals surface area contributed by atoms with Crippen LogP contribution < -0.4 is 5.32 Å². The maximum absolute atomic E-state index is 11.1. The lowest BCUT2D eigenvalue weighted by Crippen LogP contribution is -2.50. The van der Waals surface area contributed by atoms with Gasteiger partial charge in [-0.15, -0.1) is 0 Å². The van der Waals surface area contributed by atoms with Gasteiger partial charge in [0.25, 0.3) is 0 Å². The van der Waals surface area contributed by atoms with E-state index in [-0.39, 0.29) is 5.92 Å². The largest absolute Gasteiger partial charge is 0.481 e. The van der Waals surface area contributed by atoms with Crippen molar-refractivity contribution in [1.82, 2.24) is 5.32 Å². The van der Waals surface area contributed by atoms with Crippen LogP contribution in [-0.4, -0.2) is 34.7 Å². The van der Waals surface area contributed by atoms with Crippen LogP contribution in [0.15, 0.2) is 12.2 Å². The Morgan fingerprint density at radius 2 is 2.07 bits per heavy atom. The van der Waals surface area contributed by atoms with Gasteiger partial charge in [-0.1, -0.05) is 12.2 Å². The summed E-state index contributed by atoms with van der Waals surface area (Å²) in [4.78, 5) is 22.2. The number of carboxylic acids is 2. The summed E-state index contributed by atoms with van der Waals surface area (Å²) in [5.74, 6) is -3.89. The van der Waals surface area contributed by atoms with E-state index in [1.54, 1.807) is 13.1 Å². The Kier molecular flexibility index (Phi) is 2.08. The number of aliphatic carboxylic acids is 2. The summed E-state index contributed by atoms with van der Waals surface area (Å²) in [6, 6.07) is 0. The third kappa shape index (κ3) is 1.19. The Morgan fingerprint density at radius 1 is 1.40 bits per heavy atom. The second-order valence-electron chi connectivity index (χ2n) is 4.20. The molecule has 15 heavy (non-hydrogen) atoms. The fourth-order valence-corrected chi connectivity index (χ4v) is 2.91. The first-order valence-corrected chi connectivity index (χ1v) is 4.86. The first kappa shape index (κ1) is 10.2. The van der Waals surface area contributed by atoms with Gasteiger partial charge in [-0.25, -0.2) is 0 Å². The molecule has 0 heterocycles. The summed E-state index contributed by atoms with van der Waals surface area (Å²) < 4.78 is 0. The Hall–Kier alpha value is -1.36. The van der Waals surface area contributed by atoms with Crippen LogP contribution in [0.3, 0.4) is 0 Å². The van der Waals surface area contributed by atoms with Gasteiger partial charge in [-0.2, -0.15) is 0 Å². The molecule has 0 aliphatic heterocycles. The highest BCUT2D eigenvalue weighted by Gasteiger charge is 2.60. The van der Waals surface area contributed by atoms with Gasteiger partial charge in [-0.3, -0.25) is 9.59 Å². The van der Waals surface area contributed by atoms with Crippen LogP contribution >= 0.6 is 0 Å². The number of hydrogen-bond donors (Lipinski definition) is 3. The quantitative estimate of drug-likeness (QED) is 0.569. The highest BCUT2D eigenvalue weighted by molar-refractivity contribution is 5.84. The molecule has 0 aromatic carbocycles. The number of carbonyl (C=O) groups is 2. The van der Waals surface area contributed by atoms with Gasteiger partial charge >= 0.3 is 11.9 Å². The van der Waals surface area contributed by atoms with E-state index in [0.717, 1.165) is 0 Å². The maximum Gasteiger partial charge on any atom is 0.309 e. The number of allylic oxidation sites excluding steroid dienone is 1.